The molecule has 0 saturated carbocycles. The number of carbonyl (C=O) groups excluding carboxylic acids is 2. The monoisotopic (exact) mass is 753 g/mol. The van der Waals surface area contributed by atoms with Crippen molar-refractivity contribution in [1.29, 1.82) is 0 Å². The smallest absolute Gasteiger partial charge is 0.407 e. The lowest BCUT2D eigenvalue weighted by Crippen LogP contribution is -2.41. The SMILES string of the molecule is Cc1c(-c2ccn3c(=O)c(CNC[C@@H]4CCC(=O)N4)cnc3c2)cccc1-c1cccc(-c2ccc(CN(C[C@@H]3CCC(=O)N3)C(=O)O)c(Cl)n2)c1Cl. The van der Waals surface area contributed by atoms with Crippen LogP contribution in [-0.4, -0.2) is 67.5 Å². The van der Waals surface area contributed by atoms with E-state index in [-0.39, 0.29) is 47.7 Å². The number of fused-ring (bicyclic) bond motifs is 1. The van der Waals surface area contributed by atoms with Crippen molar-refractivity contribution >= 4 is 46.8 Å². The number of carboxylic acid groups (broad SMARTS) is 1. The summed E-state index contributed by atoms with van der Waals surface area (Å²) in [5, 5.41) is 19.4. The summed E-state index contributed by atoms with van der Waals surface area (Å²) in [6, 6.07) is 18.8. The molecule has 0 spiro atoms. The maximum Gasteiger partial charge on any atom is 0.407 e. The highest BCUT2D eigenvalue weighted by molar-refractivity contribution is 6.36. The molecule has 14 heteroatoms. The van der Waals surface area contributed by atoms with E-state index in [1.54, 1.807) is 24.5 Å². The second kappa shape index (κ2) is 15.4. The minimum Gasteiger partial charge on any atom is -0.465 e. The van der Waals surface area contributed by atoms with Gasteiger partial charge in [-0.3, -0.25) is 18.8 Å². The van der Waals surface area contributed by atoms with Gasteiger partial charge in [0.2, 0.25) is 11.8 Å². The van der Waals surface area contributed by atoms with Crippen molar-refractivity contribution in [3.8, 4) is 33.5 Å². The van der Waals surface area contributed by atoms with Crippen LogP contribution in [-0.2, 0) is 22.7 Å². The maximum atomic E-state index is 13.3. The molecule has 272 valence electrons. The Labute approximate surface area is 315 Å². The summed E-state index contributed by atoms with van der Waals surface area (Å²) in [5.74, 6) is -0.0253. The molecule has 2 atom stereocenters. The van der Waals surface area contributed by atoms with Crippen LogP contribution in [0, 0.1) is 6.92 Å². The van der Waals surface area contributed by atoms with E-state index >= 15 is 0 Å². The number of nitrogens with one attached hydrogen (secondary N) is 3. The van der Waals surface area contributed by atoms with E-state index in [4.69, 9.17) is 23.2 Å². The molecule has 0 radical (unpaired) electrons. The molecule has 5 aromatic rings. The summed E-state index contributed by atoms with van der Waals surface area (Å²) in [4.78, 5) is 58.8. The molecule has 3 aromatic heterocycles. The standard InChI is InChI=1S/C39H37Cl2N7O5/c1-22-28(23-14-15-48-33(16-23)43-18-25(38(48)51)17-42-19-26-9-12-34(49)44-26)4-2-5-29(22)30-6-3-7-31(36(30)40)32-11-8-24(37(41)46-32)20-47(39(52)53)21-27-10-13-35(50)45-27/h2-8,11,14-16,18,26-27,42H,9-10,12-13,17,19-21H2,1H3,(H,44,49)(H,45,50)(H,52,53)/t26-,27-/m0/s1. The molecular formula is C39H37Cl2N7O5. The van der Waals surface area contributed by atoms with Crippen LogP contribution in [0.15, 0.2) is 77.9 Å². The Morgan fingerprint density at radius 3 is 2.32 bits per heavy atom. The molecule has 0 unspecified atom stereocenters. The first-order chi connectivity index (χ1) is 25.5. The zero-order chi connectivity index (χ0) is 37.2. The van der Waals surface area contributed by atoms with Gasteiger partial charge in [-0.15, -0.1) is 0 Å². The van der Waals surface area contributed by atoms with Crippen LogP contribution in [0.1, 0.15) is 42.4 Å². The molecule has 2 saturated heterocycles. The summed E-state index contributed by atoms with van der Waals surface area (Å²) in [7, 11) is 0. The third-order valence-corrected chi connectivity index (χ3v) is 10.6. The first kappa shape index (κ1) is 36.1. The number of pyridine rings is 2. The summed E-state index contributed by atoms with van der Waals surface area (Å²) in [6.45, 7) is 3.13. The Kier molecular flexibility index (Phi) is 10.5. The van der Waals surface area contributed by atoms with Gasteiger partial charge < -0.3 is 26.0 Å². The van der Waals surface area contributed by atoms with Crippen molar-refractivity contribution in [3.63, 3.8) is 0 Å². The summed E-state index contributed by atoms with van der Waals surface area (Å²) in [5.41, 5.74) is 7.18. The summed E-state index contributed by atoms with van der Waals surface area (Å²) in [6.07, 6.45) is 4.50. The fourth-order valence-corrected chi connectivity index (χ4v) is 7.56. The van der Waals surface area contributed by atoms with Crippen molar-refractivity contribution < 1.29 is 19.5 Å². The van der Waals surface area contributed by atoms with Crippen molar-refractivity contribution in [3.05, 3.63) is 110 Å². The van der Waals surface area contributed by atoms with Gasteiger partial charge in [-0.1, -0.05) is 65.7 Å². The second-order valence-corrected chi connectivity index (χ2v) is 14.2. The number of hydrogen-bond acceptors (Lipinski definition) is 7. The fourth-order valence-electron chi connectivity index (χ4n) is 7.02. The van der Waals surface area contributed by atoms with Crippen molar-refractivity contribution in [1.82, 2.24) is 35.2 Å². The molecule has 53 heavy (non-hydrogen) atoms. The molecule has 2 aliphatic heterocycles. The van der Waals surface area contributed by atoms with E-state index in [0.717, 1.165) is 34.2 Å². The van der Waals surface area contributed by atoms with Gasteiger partial charge in [0.1, 0.15) is 10.8 Å². The number of benzene rings is 2. The third-order valence-electron chi connectivity index (χ3n) is 9.86. The van der Waals surface area contributed by atoms with Crippen LogP contribution in [0.3, 0.4) is 0 Å². The predicted molar refractivity (Wildman–Crippen MR) is 203 cm³/mol. The normalized spacial score (nSPS) is 16.9. The molecule has 2 fully saturated rings. The van der Waals surface area contributed by atoms with Crippen LogP contribution in [0.4, 0.5) is 4.79 Å². The largest absolute Gasteiger partial charge is 0.465 e. The third kappa shape index (κ3) is 7.75. The Morgan fingerprint density at radius 1 is 0.925 bits per heavy atom. The molecule has 2 aliphatic rings. The number of amides is 3. The van der Waals surface area contributed by atoms with E-state index < -0.39 is 6.09 Å². The lowest BCUT2D eigenvalue weighted by molar-refractivity contribution is -0.120. The average Bonchev–Trinajstić information content (AvgIpc) is 3.76. The van der Waals surface area contributed by atoms with Gasteiger partial charge in [-0.2, -0.15) is 0 Å². The molecule has 3 amide bonds. The van der Waals surface area contributed by atoms with E-state index in [1.165, 1.54) is 9.30 Å². The molecule has 0 bridgehead atoms. The Balaban J connectivity index is 1.11. The van der Waals surface area contributed by atoms with E-state index in [1.807, 2.05) is 55.5 Å². The van der Waals surface area contributed by atoms with Crippen molar-refractivity contribution in [2.45, 2.75) is 57.8 Å². The number of nitrogens with zero attached hydrogens (tertiary/aromatic N) is 4. The highest BCUT2D eigenvalue weighted by atomic mass is 35.5. The Morgan fingerprint density at radius 2 is 1.62 bits per heavy atom. The molecule has 5 heterocycles. The molecule has 7 rings (SSSR count). The Bertz CT molecular complexity index is 2310. The van der Waals surface area contributed by atoms with Crippen LogP contribution in [0.5, 0.6) is 0 Å². The van der Waals surface area contributed by atoms with Crippen molar-refractivity contribution in [2.24, 2.45) is 0 Å². The molecule has 4 N–H and O–H groups in total. The summed E-state index contributed by atoms with van der Waals surface area (Å²) >= 11 is 13.7. The van der Waals surface area contributed by atoms with Crippen LogP contribution >= 0.6 is 23.2 Å². The van der Waals surface area contributed by atoms with Crippen molar-refractivity contribution in [2.75, 3.05) is 13.1 Å². The first-order valence-electron chi connectivity index (χ1n) is 17.4. The molecule has 2 aromatic carbocycles. The zero-order valence-corrected chi connectivity index (χ0v) is 30.4. The molecular weight excluding hydrogens is 717 g/mol. The number of aromatic nitrogens is 3. The highest BCUT2D eigenvalue weighted by Crippen LogP contribution is 2.40. The molecule has 0 aliphatic carbocycles. The summed E-state index contributed by atoms with van der Waals surface area (Å²) < 4.78 is 1.54. The average molecular weight is 755 g/mol. The van der Waals surface area contributed by atoms with Crippen LogP contribution < -0.4 is 21.5 Å². The number of halogens is 2. The van der Waals surface area contributed by atoms with Crippen LogP contribution in [0.2, 0.25) is 10.2 Å². The highest BCUT2D eigenvalue weighted by Gasteiger charge is 2.26. The maximum absolute atomic E-state index is 13.3. The lowest BCUT2D eigenvalue weighted by Gasteiger charge is -2.23. The van der Waals surface area contributed by atoms with Gasteiger partial charge in [-0.05, 0) is 60.2 Å². The minimum atomic E-state index is -1.11. The molecule has 12 nitrogen and oxygen atoms in total. The Hall–Kier alpha value is -5.30. The van der Waals surface area contributed by atoms with E-state index in [9.17, 15) is 24.3 Å². The van der Waals surface area contributed by atoms with Gasteiger partial charge >= 0.3 is 6.09 Å². The quantitative estimate of drug-likeness (QED) is 0.123. The fraction of sp³-hybridized carbons (Fsp3) is 0.282. The minimum absolute atomic E-state index is 0.0211. The lowest BCUT2D eigenvalue weighted by atomic mass is 9.92. The van der Waals surface area contributed by atoms with Gasteiger partial charge in [0.05, 0.1) is 17.3 Å². The van der Waals surface area contributed by atoms with E-state index in [0.29, 0.717) is 65.4 Å². The van der Waals surface area contributed by atoms with Gasteiger partial charge in [0.25, 0.3) is 5.56 Å². The number of carbonyl (C=O) groups is 3. The van der Waals surface area contributed by atoms with Gasteiger partial charge in [0.15, 0.2) is 0 Å². The van der Waals surface area contributed by atoms with Gasteiger partial charge in [0, 0.05) is 79.2 Å². The van der Waals surface area contributed by atoms with Crippen LogP contribution in [0.25, 0.3) is 39.2 Å². The first-order valence-corrected chi connectivity index (χ1v) is 18.1. The predicted octanol–water partition coefficient (Wildman–Crippen LogP) is 5.83. The van der Waals surface area contributed by atoms with E-state index in [2.05, 4.69) is 25.9 Å². The second-order valence-electron chi connectivity index (χ2n) is 13.4. The zero-order valence-electron chi connectivity index (χ0n) is 28.9. The topological polar surface area (TPSA) is 158 Å². The number of hydrogen-bond donors (Lipinski definition) is 4. The number of rotatable bonds is 11. The van der Waals surface area contributed by atoms with Gasteiger partial charge in [-0.25, -0.2) is 14.8 Å².